The van der Waals surface area contributed by atoms with E-state index in [0.717, 1.165) is 31.6 Å². The normalized spacial score (nSPS) is 19.9. The molecule has 5 rings (SSSR count). The zero-order valence-electron chi connectivity index (χ0n) is 16.1. The van der Waals surface area contributed by atoms with Gasteiger partial charge >= 0.3 is 0 Å². The van der Waals surface area contributed by atoms with Crippen LogP contribution in [0.15, 0.2) is 18.5 Å². The van der Waals surface area contributed by atoms with Gasteiger partial charge in [-0.3, -0.25) is 0 Å². The first-order chi connectivity index (χ1) is 14.2. The summed E-state index contributed by atoms with van der Waals surface area (Å²) in [6.07, 6.45) is 4.86. The standard InChI is InChI=1S/C19H22FN7O2/c1-28-15-5-16-22-8-14(27(16)26-17(15)11-9-29-10-11)18-13(20)7-23-19(25-18)24-12-3-2-4-21-6-12/h5,7-8,11-12,21H,2-4,6,9-10H2,1H3,(H,23,24,25). The van der Waals surface area contributed by atoms with Crippen molar-refractivity contribution in [3.05, 3.63) is 30.0 Å². The van der Waals surface area contributed by atoms with Crippen LogP contribution in [0.25, 0.3) is 17.0 Å². The van der Waals surface area contributed by atoms with E-state index in [0.29, 0.717) is 36.3 Å². The lowest BCUT2D eigenvalue weighted by molar-refractivity contribution is 0.00530. The molecule has 0 saturated carbocycles. The van der Waals surface area contributed by atoms with Gasteiger partial charge in [0.25, 0.3) is 0 Å². The molecule has 2 aliphatic heterocycles. The van der Waals surface area contributed by atoms with Crippen molar-refractivity contribution in [2.45, 2.75) is 24.8 Å². The monoisotopic (exact) mass is 399 g/mol. The first-order valence-electron chi connectivity index (χ1n) is 9.73. The van der Waals surface area contributed by atoms with Gasteiger partial charge in [-0.05, 0) is 19.4 Å². The second-order valence-electron chi connectivity index (χ2n) is 7.32. The van der Waals surface area contributed by atoms with E-state index in [1.165, 1.54) is 6.20 Å². The number of rotatable bonds is 5. The van der Waals surface area contributed by atoms with Gasteiger partial charge in [0.15, 0.2) is 11.5 Å². The Kier molecular flexibility index (Phi) is 4.72. The Balaban J connectivity index is 1.53. The first kappa shape index (κ1) is 18.2. The van der Waals surface area contributed by atoms with Gasteiger partial charge in [0, 0.05) is 18.7 Å². The molecule has 0 spiro atoms. The topological polar surface area (TPSA) is 98.5 Å². The fourth-order valence-corrected chi connectivity index (χ4v) is 3.69. The van der Waals surface area contributed by atoms with Crippen LogP contribution in [-0.2, 0) is 4.74 Å². The van der Waals surface area contributed by atoms with Crippen LogP contribution in [0, 0.1) is 5.82 Å². The van der Waals surface area contributed by atoms with E-state index < -0.39 is 5.82 Å². The minimum absolute atomic E-state index is 0.149. The summed E-state index contributed by atoms with van der Waals surface area (Å²) in [6, 6.07) is 2.02. The van der Waals surface area contributed by atoms with Crippen LogP contribution in [0.5, 0.6) is 5.75 Å². The van der Waals surface area contributed by atoms with Gasteiger partial charge in [0.1, 0.15) is 22.8 Å². The van der Waals surface area contributed by atoms with E-state index >= 15 is 0 Å². The summed E-state index contributed by atoms with van der Waals surface area (Å²) in [5, 5.41) is 11.3. The summed E-state index contributed by atoms with van der Waals surface area (Å²) in [7, 11) is 1.60. The lowest BCUT2D eigenvalue weighted by Crippen LogP contribution is -2.38. The number of imidazole rings is 1. The molecule has 0 aliphatic carbocycles. The van der Waals surface area contributed by atoms with E-state index in [-0.39, 0.29) is 17.7 Å². The summed E-state index contributed by atoms with van der Waals surface area (Å²) >= 11 is 0. The van der Waals surface area contributed by atoms with Crippen molar-refractivity contribution in [2.75, 3.05) is 38.7 Å². The quantitative estimate of drug-likeness (QED) is 0.668. The summed E-state index contributed by atoms with van der Waals surface area (Å²) in [5.41, 5.74) is 1.96. The molecule has 3 aromatic rings. The highest BCUT2D eigenvalue weighted by Gasteiger charge is 2.27. The van der Waals surface area contributed by atoms with Gasteiger partial charge in [0.2, 0.25) is 5.95 Å². The molecule has 0 amide bonds. The van der Waals surface area contributed by atoms with Crippen LogP contribution in [0.2, 0.25) is 0 Å². The molecule has 152 valence electrons. The fourth-order valence-electron chi connectivity index (χ4n) is 3.69. The average molecular weight is 399 g/mol. The Bertz CT molecular complexity index is 1030. The molecule has 1 unspecified atom stereocenters. The minimum atomic E-state index is -0.523. The Labute approximate surface area is 166 Å². The van der Waals surface area contributed by atoms with Crippen molar-refractivity contribution < 1.29 is 13.9 Å². The molecule has 2 saturated heterocycles. The number of hydrogen-bond acceptors (Lipinski definition) is 8. The molecule has 0 bridgehead atoms. The van der Waals surface area contributed by atoms with Crippen molar-refractivity contribution in [3.8, 4) is 17.1 Å². The highest BCUT2D eigenvalue weighted by Crippen LogP contribution is 2.32. The van der Waals surface area contributed by atoms with Crippen molar-refractivity contribution in [3.63, 3.8) is 0 Å². The maximum Gasteiger partial charge on any atom is 0.223 e. The Morgan fingerprint density at radius 1 is 1.31 bits per heavy atom. The molecule has 2 aliphatic rings. The Morgan fingerprint density at radius 3 is 2.93 bits per heavy atom. The van der Waals surface area contributed by atoms with Crippen LogP contribution in [-0.4, -0.2) is 64.0 Å². The summed E-state index contributed by atoms with van der Waals surface area (Å²) in [6.45, 7) is 3.02. The van der Waals surface area contributed by atoms with Gasteiger partial charge in [-0.1, -0.05) is 0 Å². The highest BCUT2D eigenvalue weighted by atomic mass is 19.1. The lowest BCUT2D eigenvalue weighted by atomic mass is 10.0. The number of anilines is 1. The van der Waals surface area contributed by atoms with Crippen LogP contribution in [0.3, 0.4) is 0 Å². The second kappa shape index (κ2) is 7.53. The van der Waals surface area contributed by atoms with Gasteiger partial charge in [-0.15, -0.1) is 0 Å². The molecular weight excluding hydrogens is 377 g/mol. The number of halogens is 1. The van der Waals surface area contributed by atoms with E-state index in [1.54, 1.807) is 23.9 Å². The number of hydrogen-bond donors (Lipinski definition) is 2. The maximum absolute atomic E-state index is 14.6. The number of nitrogens with one attached hydrogen (secondary N) is 2. The third-order valence-corrected chi connectivity index (χ3v) is 5.35. The van der Waals surface area contributed by atoms with Crippen molar-refractivity contribution in [2.24, 2.45) is 0 Å². The van der Waals surface area contributed by atoms with Crippen molar-refractivity contribution in [1.29, 1.82) is 0 Å². The van der Waals surface area contributed by atoms with Gasteiger partial charge in [-0.2, -0.15) is 5.10 Å². The number of methoxy groups -OCH3 is 1. The van der Waals surface area contributed by atoms with Crippen LogP contribution < -0.4 is 15.4 Å². The van der Waals surface area contributed by atoms with Crippen molar-refractivity contribution >= 4 is 11.6 Å². The summed E-state index contributed by atoms with van der Waals surface area (Å²) < 4.78 is 27.0. The molecule has 0 aromatic carbocycles. The predicted molar refractivity (Wildman–Crippen MR) is 104 cm³/mol. The number of fused-ring (bicyclic) bond motifs is 1. The van der Waals surface area contributed by atoms with Gasteiger partial charge in [0.05, 0.1) is 38.6 Å². The van der Waals surface area contributed by atoms with Gasteiger partial charge < -0.3 is 20.1 Å². The third-order valence-electron chi connectivity index (χ3n) is 5.35. The SMILES string of the molecule is COc1cc2ncc(-c3nc(NC4CCCNC4)ncc3F)n2nc1C1COC1. The summed E-state index contributed by atoms with van der Waals surface area (Å²) in [4.78, 5) is 12.9. The zero-order chi connectivity index (χ0) is 19.8. The molecule has 5 heterocycles. The predicted octanol–water partition coefficient (Wildman–Crippen LogP) is 1.61. The highest BCUT2D eigenvalue weighted by molar-refractivity contribution is 5.62. The molecule has 29 heavy (non-hydrogen) atoms. The van der Waals surface area contributed by atoms with E-state index in [1.807, 2.05) is 0 Å². The molecule has 0 radical (unpaired) electrons. The number of aromatic nitrogens is 5. The number of piperidine rings is 1. The molecule has 2 N–H and O–H groups in total. The molecule has 9 nitrogen and oxygen atoms in total. The lowest BCUT2D eigenvalue weighted by Gasteiger charge is -2.26. The van der Waals surface area contributed by atoms with E-state index in [2.05, 4.69) is 30.7 Å². The molecule has 1 atom stereocenters. The van der Waals surface area contributed by atoms with Crippen LogP contribution >= 0.6 is 0 Å². The Morgan fingerprint density at radius 2 is 2.21 bits per heavy atom. The minimum Gasteiger partial charge on any atom is -0.495 e. The van der Waals surface area contributed by atoms with Gasteiger partial charge in [-0.25, -0.2) is 23.9 Å². The smallest absolute Gasteiger partial charge is 0.223 e. The molecule has 3 aromatic heterocycles. The zero-order valence-corrected chi connectivity index (χ0v) is 16.1. The second-order valence-corrected chi connectivity index (χ2v) is 7.32. The largest absolute Gasteiger partial charge is 0.495 e. The molecular formula is C19H22FN7O2. The molecule has 2 fully saturated rings. The van der Waals surface area contributed by atoms with E-state index in [4.69, 9.17) is 9.47 Å². The molecule has 10 heteroatoms. The third kappa shape index (κ3) is 3.38. The first-order valence-corrected chi connectivity index (χ1v) is 9.73. The van der Waals surface area contributed by atoms with E-state index in [9.17, 15) is 4.39 Å². The maximum atomic E-state index is 14.6. The average Bonchev–Trinajstić information content (AvgIpc) is 3.11. The number of nitrogens with zero attached hydrogens (tertiary/aromatic N) is 5. The van der Waals surface area contributed by atoms with Crippen LogP contribution in [0.4, 0.5) is 10.3 Å². The number of ether oxygens (including phenoxy) is 2. The fraction of sp³-hybridized carbons (Fsp3) is 0.474. The van der Waals surface area contributed by atoms with Crippen molar-refractivity contribution in [1.82, 2.24) is 29.9 Å². The summed E-state index contributed by atoms with van der Waals surface area (Å²) in [5.74, 6) is 0.672. The Hall–Kier alpha value is -2.85. The van der Waals surface area contributed by atoms with Crippen LogP contribution in [0.1, 0.15) is 24.5 Å².